The van der Waals surface area contributed by atoms with Gasteiger partial charge in [-0.05, 0) is 49.4 Å². The smallest absolute Gasteiger partial charge is 0.338 e. The summed E-state index contributed by atoms with van der Waals surface area (Å²) in [5, 5.41) is 6.08. The minimum absolute atomic E-state index is 0.00649. The van der Waals surface area contributed by atoms with Crippen LogP contribution in [0.3, 0.4) is 0 Å². The lowest BCUT2D eigenvalue weighted by Crippen LogP contribution is -2.34. The zero-order chi connectivity index (χ0) is 17.2. The van der Waals surface area contributed by atoms with E-state index in [1.54, 1.807) is 24.3 Å². The third kappa shape index (κ3) is 6.22. The second kappa shape index (κ2) is 9.96. The molecule has 1 fully saturated rings. The van der Waals surface area contributed by atoms with Crippen molar-refractivity contribution in [1.82, 2.24) is 5.32 Å². The highest BCUT2D eigenvalue weighted by atomic mass is 16.5. The summed E-state index contributed by atoms with van der Waals surface area (Å²) in [7, 11) is 0. The molecule has 0 unspecified atom stereocenters. The van der Waals surface area contributed by atoms with E-state index in [2.05, 4.69) is 10.6 Å². The molecular weight excluding hydrogens is 304 g/mol. The molecular formula is C19H28N2O3. The van der Waals surface area contributed by atoms with Crippen LogP contribution in [0.4, 0.5) is 5.69 Å². The molecule has 24 heavy (non-hydrogen) atoms. The van der Waals surface area contributed by atoms with Gasteiger partial charge >= 0.3 is 5.97 Å². The monoisotopic (exact) mass is 332 g/mol. The van der Waals surface area contributed by atoms with Crippen molar-refractivity contribution in [2.45, 2.75) is 45.4 Å². The van der Waals surface area contributed by atoms with Gasteiger partial charge < -0.3 is 15.4 Å². The molecule has 0 aromatic heterocycles. The van der Waals surface area contributed by atoms with Crippen molar-refractivity contribution >= 4 is 17.6 Å². The van der Waals surface area contributed by atoms with Crippen molar-refractivity contribution in [1.29, 1.82) is 0 Å². The Morgan fingerprint density at radius 3 is 2.50 bits per heavy atom. The van der Waals surface area contributed by atoms with Crippen molar-refractivity contribution in [2.75, 3.05) is 25.0 Å². The number of hydrogen-bond acceptors (Lipinski definition) is 4. The topological polar surface area (TPSA) is 67.4 Å². The zero-order valence-electron chi connectivity index (χ0n) is 14.5. The van der Waals surface area contributed by atoms with Crippen molar-refractivity contribution < 1.29 is 14.3 Å². The summed E-state index contributed by atoms with van der Waals surface area (Å²) in [6, 6.07) is 6.99. The molecule has 0 heterocycles. The van der Waals surface area contributed by atoms with Gasteiger partial charge in [0.2, 0.25) is 5.91 Å². The highest BCUT2D eigenvalue weighted by molar-refractivity contribution is 5.90. The van der Waals surface area contributed by atoms with E-state index < -0.39 is 0 Å². The van der Waals surface area contributed by atoms with Crippen LogP contribution >= 0.6 is 0 Å². The molecule has 0 radical (unpaired) electrons. The normalized spacial score (nSPS) is 14.9. The maximum Gasteiger partial charge on any atom is 0.338 e. The average Bonchev–Trinajstić information content (AvgIpc) is 2.64. The fourth-order valence-corrected chi connectivity index (χ4v) is 2.90. The number of anilines is 1. The van der Waals surface area contributed by atoms with Crippen LogP contribution < -0.4 is 10.6 Å². The molecule has 2 N–H and O–H groups in total. The molecule has 1 aliphatic rings. The van der Waals surface area contributed by atoms with Crippen LogP contribution in [0.25, 0.3) is 0 Å². The Morgan fingerprint density at radius 1 is 1.12 bits per heavy atom. The lowest BCUT2D eigenvalue weighted by Gasteiger charge is -2.21. The fourth-order valence-electron chi connectivity index (χ4n) is 2.90. The molecule has 5 heteroatoms. The van der Waals surface area contributed by atoms with Gasteiger partial charge in [-0.1, -0.05) is 26.2 Å². The van der Waals surface area contributed by atoms with Crippen LogP contribution in [0.5, 0.6) is 0 Å². The summed E-state index contributed by atoms with van der Waals surface area (Å²) >= 11 is 0. The maximum atomic E-state index is 11.9. The molecule has 132 valence electrons. The summed E-state index contributed by atoms with van der Waals surface area (Å²) < 4.78 is 5.08. The third-order valence-corrected chi connectivity index (χ3v) is 4.32. The van der Waals surface area contributed by atoms with Crippen LogP contribution in [-0.2, 0) is 9.53 Å². The number of carbonyl (C=O) groups is 2. The van der Waals surface area contributed by atoms with Crippen molar-refractivity contribution in [3.63, 3.8) is 0 Å². The molecule has 1 saturated carbocycles. The van der Waals surface area contributed by atoms with E-state index >= 15 is 0 Å². The van der Waals surface area contributed by atoms with Gasteiger partial charge in [-0.15, -0.1) is 0 Å². The Kier molecular flexibility index (Phi) is 7.59. The lowest BCUT2D eigenvalue weighted by atomic mass is 9.89. The minimum Gasteiger partial charge on any atom is -0.462 e. The highest BCUT2D eigenvalue weighted by Crippen LogP contribution is 2.22. The van der Waals surface area contributed by atoms with Crippen LogP contribution in [0, 0.1) is 5.92 Å². The summed E-state index contributed by atoms with van der Waals surface area (Å²) in [6.07, 6.45) is 7.15. The van der Waals surface area contributed by atoms with Crippen LogP contribution in [-0.4, -0.2) is 31.6 Å². The highest BCUT2D eigenvalue weighted by Gasteiger charge is 2.14. The van der Waals surface area contributed by atoms with E-state index in [-0.39, 0.29) is 18.4 Å². The first-order valence-corrected chi connectivity index (χ1v) is 8.96. The molecule has 1 aromatic carbocycles. The Balaban J connectivity index is 1.69. The van der Waals surface area contributed by atoms with E-state index in [4.69, 9.17) is 4.74 Å². The largest absolute Gasteiger partial charge is 0.462 e. The van der Waals surface area contributed by atoms with Crippen molar-refractivity contribution in [3.05, 3.63) is 29.8 Å². The molecule has 0 saturated heterocycles. The van der Waals surface area contributed by atoms with E-state index in [0.717, 1.165) is 18.7 Å². The van der Waals surface area contributed by atoms with Crippen LogP contribution in [0.1, 0.15) is 55.8 Å². The lowest BCUT2D eigenvalue weighted by molar-refractivity contribution is -0.119. The second-order valence-electron chi connectivity index (χ2n) is 6.37. The Labute approximate surface area is 144 Å². The predicted molar refractivity (Wildman–Crippen MR) is 95.1 cm³/mol. The van der Waals surface area contributed by atoms with E-state index in [9.17, 15) is 9.59 Å². The van der Waals surface area contributed by atoms with Crippen LogP contribution in [0.15, 0.2) is 24.3 Å². The molecule has 0 bridgehead atoms. The standard InChI is InChI=1S/C19H28N2O3/c1-2-12-24-19(23)16-8-10-17(11-9-16)20-14-18(22)21-13-15-6-4-3-5-7-15/h8-11,15,20H,2-7,12-14H2,1H3,(H,21,22). The molecule has 1 aromatic rings. The quantitative estimate of drug-likeness (QED) is 0.716. The van der Waals surface area contributed by atoms with E-state index in [1.807, 2.05) is 6.92 Å². The fraction of sp³-hybridized carbons (Fsp3) is 0.579. The Bertz CT molecular complexity index is 522. The number of ether oxygens (including phenoxy) is 1. The van der Waals surface area contributed by atoms with Gasteiger partial charge in [0, 0.05) is 12.2 Å². The number of carbonyl (C=O) groups excluding carboxylic acids is 2. The van der Waals surface area contributed by atoms with Crippen molar-refractivity contribution in [2.24, 2.45) is 5.92 Å². The molecule has 2 rings (SSSR count). The first-order chi connectivity index (χ1) is 11.7. The average molecular weight is 332 g/mol. The molecule has 0 aliphatic heterocycles. The number of hydrogen-bond donors (Lipinski definition) is 2. The zero-order valence-corrected chi connectivity index (χ0v) is 14.5. The van der Waals surface area contributed by atoms with Gasteiger partial charge in [0.25, 0.3) is 0 Å². The Morgan fingerprint density at radius 2 is 1.83 bits per heavy atom. The molecule has 1 aliphatic carbocycles. The number of benzene rings is 1. The molecule has 0 atom stereocenters. The Hall–Kier alpha value is -2.04. The van der Waals surface area contributed by atoms with Gasteiger partial charge in [0.1, 0.15) is 0 Å². The number of amides is 1. The number of nitrogens with one attached hydrogen (secondary N) is 2. The molecule has 5 nitrogen and oxygen atoms in total. The number of rotatable bonds is 8. The van der Waals surface area contributed by atoms with Gasteiger partial charge in [0.05, 0.1) is 18.7 Å². The van der Waals surface area contributed by atoms with Crippen molar-refractivity contribution in [3.8, 4) is 0 Å². The summed E-state index contributed by atoms with van der Waals surface area (Å²) in [4.78, 5) is 23.6. The predicted octanol–water partition coefficient (Wildman–Crippen LogP) is 3.36. The summed E-state index contributed by atoms with van der Waals surface area (Å²) in [5.74, 6) is 0.330. The third-order valence-electron chi connectivity index (χ3n) is 4.32. The van der Waals surface area contributed by atoms with E-state index in [1.165, 1.54) is 32.1 Å². The van der Waals surface area contributed by atoms with Crippen LogP contribution in [0.2, 0.25) is 0 Å². The molecule has 1 amide bonds. The van der Waals surface area contributed by atoms with E-state index in [0.29, 0.717) is 18.1 Å². The SMILES string of the molecule is CCCOC(=O)c1ccc(NCC(=O)NCC2CCCCC2)cc1. The second-order valence-corrected chi connectivity index (χ2v) is 6.37. The van der Waals surface area contributed by atoms with Gasteiger partial charge in [0.15, 0.2) is 0 Å². The van der Waals surface area contributed by atoms with Gasteiger partial charge in [-0.2, -0.15) is 0 Å². The van der Waals surface area contributed by atoms with Gasteiger partial charge in [-0.25, -0.2) is 4.79 Å². The minimum atomic E-state index is -0.311. The first kappa shape index (κ1) is 18.3. The first-order valence-electron chi connectivity index (χ1n) is 8.96. The summed E-state index contributed by atoms with van der Waals surface area (Å²) in [6.45, 7) is 3.41. The van der Waals surface area contributed by atoms with Gasteiger partial charge in [-0.3, -0.25) is 4.79 Å². The maximum absolute atomic E-state index is 11.9. The number of esters is 1. The molecule has 0 spiro atoms. The summed E-state index contributed by atoms with van der Waals surface area (Å²) in [5.41, 5.74) is 1.34.